The Bertz CT molecular complexity index is 1040. The summed E-state index contributed by atoms with van der Waals surface area (Å²) in [5, 5.41) is 3.69. The topological polar surface area (TPSA) is 93.3 Å². The van der Waals surface area contributed by atoms with Crippen molar-refractivity contribution < 1.29 is 19.2 Å². The predicted molar refractivity (Wildman–Crippen MR) is 138 cm³/mol. The third-order valence-corrected chi connectivity index (χ3v) is 7.74. The molecule has 3 fully saturated rings. The van der Waals surface area contributed by atoms with Gasteiger partial charge in [-0.25, -0.2) is 4.79 Å². The predicted octanol–water partition coefficient (Wildman–Crippen LogP) is 2.47. The van der Waals surface area contributed by atoms with Gasteiger partial charge in [-0.3, -0.25) is 14.4 Å². The lowest BCUT2D eigenvalue weighted by molar-refractivity contribution is -0.135. The first-order valence-electron chi connectivity index (χ1n) is 12.3. The molecule has 11 heteroatoms. The molecule has 3 heterocycles. The lowest BCUT2D eigenvalue weighted by Crippen LogP contribution is -2.48. The van der Waals surface area contributed by atoms with E-state index in [1.54, 1.807) is 34.1 Å². The fourth-order valence-corrected chi connectivity index (χ4v) is 5.17. The maximum Gasteiger partial charge on any atom is 0.317 e. The van der Waals surface area contributed by atoms with Crippen LogP contribution in [0.1, 0.15) is 31.2 Å². The Morgan fingerprint density at radius 2 is 1.75 bits per heavy atom. The minimum atomic E-state index is -0.179. The molecule has 1 N–H and O–H groups in total. The van der Waals surface area contributed by atoms with E-state index < -0.39 is 0 Å². The van der Waals surface area contributed by atoms with Crippen molar-refractivity contribution in [3.05, 3.63) is 39.9 Å². The number of carbonyl (C=O) groups is 4. The van der Waals surface area contributed by atoms with Gasteiger partial charge >= 0.3 is 6.03 Å². The fraction of sp³-hybridized carbons (Fsp3) is 0.520. The van der Waals surface area contributed by atoms with E-state index in [0.29, 0.717) is 55.9 Å². The molecule has 3 aliphatic rings. The second kappa shape index (κ2) is 12.0. The Kier molecular flexibility index (Phi) is 8.74. The van der Waals surface area contributed by atoms with E-state index in [-0.39, 0.29) is 42.6 Å². The number of hydrogen-bond donors (Lipinski definition) is 1. The Labute approximate surface area is 221 Å². The molecule has 0 radical (unpaired) electrons. The van der Waals surface area contributed by atoms with Crippen LogP contribution in [0.2, 0.25) is 10.0 Å². The zero-order valence-corrected chi connectivity index (χ0v) is 21.6. The minimum absolute atomic E-state index is 0.0168. The van der Waals surface area contributed by atoms with Gasteiger partial charge in [0.1, 0.15) is 0 Å². The lowest BCUT2D eigenvalue weighted by atomic mass is 10.0. The van der Waals surface area contributed by atoms with Gasteiger partial charge in [-0.2, -0.15) is 0 Å². The molecule has 0 aliphatic carbocycles. The largest absolute Gasteiger partial charge is 0.342 e. The van der Waals surface area contributed by atoms with E-state index >= 15 is 0 Å². The number of urea groups is 1. The van der Waals surface area contributed by atoms with E-state index in [2.05, 4.69) is 5.32 Å². The summed E-state index contributed by atoms with van der Waals surface area (Å²) in [6, 6.07) is 5.29. The summed E-state index contributed by atoms with van der Waals surface area (Å²) in [5.41, 5.74) is 0.761. The van der Waals surface area contributed by atoms with Crippen molar-refractivity contribution in [1.29, 1.82) is 0 Å². The molecule has 1 aromatic carbocycles. The minimum Gasteiger partial charge on any atom is -0.342 e. The molecule has 0 aromatic heterocycles. The maximum absolute atomic E-state index is 12.8. The Morgan fingerprint density at radius 1 is 0.972 bits per heavy atom. The average Bonchev–Trinajstić information content (AvgIpc) is 3.22. The second-order valence-electron chi connectivity index (χ2n) is 9.25. The van der Waals surface area contributed by atoms with Crippen LogP contribution in [-0.2, 0) is 14.4 Å². The van der Waals surface area contributed by atoms with Gasteiger partial charge in [0.2, 0.25) is 17.7 Å². The molecule has 5 amide bonds. The van der Waals surface area contributed by atoms with Crippen LogP contribution in [-0.4, -0.2) is 102 Å². The molecule has 36 heavy (non-hydrogen) atoms. The van der Waals surface area contributed by atoms with E-state index in [0.717, 1.165) is 24.9 Å². The molecule has 1 aromatic rings. The van der Waals surface area contributed by atoms with Gasteiger partial charge in [0.05, 0.1) is 10.0 Å². The fourth-order valence-electron chi connectivity index (χ4n) is 4.86. The first-order valence-corrected chi connectivity index (χ1v) is 13.1. The number of benzene rings is 1. The molecule has 3 saturated heterocycles. The molecular formula is C25H31Cl2N5O4. The van der Waals surface area contributed by atoms with Crippen molar-refractivity contribution in [1.82, 2.24) is 24.9 Å². The van der Waals surface area contributed by atoms with Crippen LogP contribution in [0.25, 0.3) is 6.08 Å². The highest BCUT2D eigenvalue weighted by molar-refractivity contribution is 6.42. The molecule has 4 rings (SSSR count). The van der Waals surface area contributed by atoms with Gasteiger partial charge in [-0.15, -0.1) is 0 Å². The van der Waals surface area contributed by atoms with E-state index in [1.807, 2.05) is 9.80 Å². The second-order valence-corrected chi connectivity index (χ2v) is 10.1. The zero-order chi connectivity index (χ0) is 25.7. The third kappa shape index (κ3) is 6.50. The Balaban J connectivity index is 1.22. The molecule has 0 atom stereocenters. The number of hydrogen-bond acceptors (Lipinski definition) is 4. The van der Waals surface area contributed by atoms with Crippen LogP contribution >= 0.6 is 23.2 Å². The van der Waals surface area contributed by atoms with E-state index in [9.17, 15) is 19.2 Å². The molecule has 9 nitrogen and oxygen atoms in total. The Morgan fingerprint density at radius 3 is 2.44 bits per heavy atom. The molecule has 0 unspecified atom stereocenters. The maximum atomic E-state index is 12.8. The van der Waals surface area contributed by atoms with Gasteiger partial charge in [0, 0.05) is 77.3 Å². The molecule has 0 saturated carbocycles. The first kappa shape index (κ1) is 26.3. The van der Waals surface area contributed by atoms with Crippen LogP contribution in [0.4, 0.5) is 4.79 Å². The molecule has 0 bridgehead atoms. The van der Waals surface area contributed by atoms with Gasteiger partial charge in [-0.1, -0.05) is 29.3 Å². The van der Waals surface area contributed by atoms with Crippen molar-refractivity contribution in [2.45, 2.75) is 31.7 Å². The summed E-state index contributed by atoms with van der Waals surface area (Å²) >= 11 is 12.0. The van der Waals surface area contributed by atoms with Crippen LogP contribution in [0, 0.1) is 0 Å². The summed E-state index contributed by atoms with van der Waals surface area (Å²) in [6.45, 7) is 4.12. The number of nitrogens with zero attached hydrogens (tertiary/aromatic N) is 4. The number of carbonyl (C=O) groups excluding carboxylic acids is 4. The number of piperidine rings is 1. The van der Waals surface area contributed by atoms with Crippen molar-refractivity contribution in [3.8, 4) is 0 Å². The van der Waals surface area contributed by atoms with Gasteiger partial charge in [-0.05, 0) is 36.6 Å². The number of rotatable bonds is 6. The Hall–Kier alpha value is -2.78. The van der Waals surface area contributed by atoms with Crippen molar-refractivity contribution in [3.63, 3.8) is 0 Å². The van der Waals surface area contributed by atoms with Gasteiger partial charge in [0.15, 0.2) is 0 Å². The third-order valence-electron chi connectivity index (χ3n) is 7.01. The quantitative estimate of drug-likeness (QED) is 0.566. The standard InChI is InChI=1S/C25H31Cl2N5O4/c26-20-3-1-18(17-21(20)27)2-4-22(33)30-12-8-24(35)31(16-15-30)13-7-23(34)29-10-5-19(6-11-29)32-14-9-28-25(32)36/h1-4,17,19H,5-16H2,(H,28,36). The van der Waals surface area contributed by atoms with Crippen LogP contribution in [0.5, 0.6) is 0 Å². The summed E-state index contributed by atoms with van der Waals surface area (Å²) in [6.07, 6.45) is 5.17. The summed E-state index contributed by atoms with van der Waals surface area (Å²) in [5.74, 6) is -0.208. The number of nitrogens with one attached hydrogen (secondary N) is 1. The van der Waals surface area contributed by atoms with Crippen molar-refractivity contribution in [2.75, 3.05) is 52.4 Å². The van der Waals surface area contributed by atoms with E-state index in [4.69, 9.17) is 23.2 Å². The SMILES string of the molecule is O=C(C=Cc1ccc(Cl)c(Cl)c1)N1CCC(=O)N(CCC(=O)N2CCC(N3CCNC3=O)CC2)CC1. The van der Waals surface area contributed by atoms with Crippen LogP contribution in [0.15, 0.2) is 24.3 Å². The summed E-state index contributed by atoms with van der Waals surface area (Å²) in [4.78, 5) is 56.9. The molecule has 194 valence electrons. The summed E-state index contributed by atoms with van der Waals surface area (Å²) < 4.78 is 0. The first-order chi connectivity index (χ1) is 17.3. The van der Waals surface area contributed by atoms with Crippen LogP contribution in [0.3, 0.4) is 0 Å². The van der Waals surface area contributed by atoms with Crippen molar-refractivity contribution in [2.24, 2.45) is 0 Å². The average molecular weight is 536 g/mol. The van der Waals surface area contributed by atoms with Gasteiger partial charge < -0.3 is 24.9 Å². The lowest BCUT2D eigenvalue weighted by Gasteiger charge is -2.36. The molecule has 3 aliphatic heterocycles. The van der Waals surface area contributed by atoms with E-state index in [1.165, 1.54) is 6.08 Å². The highest BCUT2D eigenvalue weighted by Gasteiger charge is 2.32. The molecular weight excluding hydrogens is 505 g/mol. The monoisotopic (exact) mass is 535 g/mol. The number of likely N-dealkylation sites (tertiary alicyclic amines) is 1. The van der Waals surface area contributed by atoms with Crippen LogP contribution < -0.4 is 5.32 Å². The zero-order valence-electron chi connectivity index (χ0n) is 20.1. The summed E-state index contributed by atoms with van der Waals surface area (Å²) in [7, 11) is 0. The molecule has 0 spiro atoms. The van der Waals surface area contributed by atoms with Gasteiger partial charge in [0.25, 0.3) is 0 Å². The van der Waals surface area contributed by atoms with Crippen molar-refractivity contribution >= 4 is 53.0 Å². The highest BCUT2D eigenvalue weighted by Crippen LogP contribution is 2.23. The number of halogens is 2. The highest BCUT2D eigenvalue weighted by atomic mass is 35.5. The number of amides is 5. The normalized spacial score (nSPS) is 19.7. The smallest absolute Gasteiger partial charge is 0.317 e.